The number of hydrogen-bond donors (Lipinski definition) is 1. The van der Waals surface area contributed by atoms with E-state index in [2.05, 4.69) is 28.2 Å². The lowest BCUT2D eigenvalue weighted by Gasteiger charge is -2.19. The summed E-state index contributed by atoms with van der Waals surface area (Å²) >= 11 is 9.51. The fraction of sp³-hybridized carbons (Fsp3) is 0.500. The van der Waals surface area contributed by atoms with Crippen LogP contribution in [0.3, 0.4) is 0 Å². The molecule has 3 heteroatoms. The molecule has 1 aliphatic rings. The minimum Gasteiger partial charge on any atom is -0.381 e. The molecule has 0 amide bonds. The van der Waals surface area contributed by atoms with Crippen molar-refractivity contribution in [1.82, 2.24) is 0 Å². The molecule has 2 rings (SSSR count). The third-order valence-corrected chi connectivity index (χ3v) is 4.06. The van der Waals surface area contributed by atoms with Gasteiger partial charge in [-0.25, -0.2) is 0 Å². The molecular formula is C12H15BrClN. The van der Waals surface area contributed by atoms with Crippen molar-refractivity contribution in [3.8, 4) is 0 Å². The van der Waals surface area contributed by atoms with Crippen LogP contribution < -0.4 is 5.32 Å². The first-order valence-corrected chi connectivity index (χ1v) is 6.55. The molecule has 0 radical (unpaired) electrons. The molecule has 1 aromatic rings. The molecule has 2 atom stereocenters. The molecule has 1 aromatic carbocycles. The Morgan fingerprint density at radius 3 is 2.87 bits per heavy atom. The van der Waals surface area contributed by atoms with Crippen molar-refractivity contribution in [1.29, 1.82) is 0 Å². The Bertz CT molecular complexity index is 353. The molecule has 1 saturated carbocycles. The smallest absolute Gasteiger partial charge is 0.0501 e. The van der Waals surface area contributed by atoms with Crippen LogP contribution in [-0.4, -0.2) is 6.04 Å². The highest BCUT2D eigenvalue weighted by Crippen LogP contribution is 2.32. The van der Waals surface area contributed by atoms with E-state index in [4.69, 9.17) is 11.6 Å². The average Bonchev–Trinajstić information content (AvgIpc) is 2.58. The Kier molecular flexibility index (Phi) is 3.57. The van der Waals surface area contributed by atoms with Crippen molar-refractivity contribution >= 4 is 33.2 Å². The van der Waals surface area contributed by atoms with Crippen molar-refractivity contribution in [3.63, 3.8) is 0 Å². The number of anilines is 1. The lowest BCUT2D eigenvalue weighted by atomic mass is 10.1. The molecule has 0 aliphatic heterocycles. The molecule has 1 aliphatic carbocycles. The van der Waals surface area contributed by atoms with E-state index in [0.717, 1.165) is 21.1 Å². The van der Waals surface area contributed by atoms with Crippen molar-refractivity contribution in [3.05, 3.63) is 27.7 Å². The predicted molar refractivity (Wildman–Crippen MR) is 69.6 cm³/mol. The van der Waals surface area contributed by atoms with Crippen molar-refractivity contribution in [2.24, 2.45) is 5.92 Å². The van der Waals surface area contributed by atoms with Crippen LogP contribution in [0.1, 0.15) is 26.2 Å². The molecule has 1 nitrogen and oxygen atoms in total. The summed E-state index contributed by atoms with van der Waals surface area (Å²) < 4.78 is 1.09. The second kappa shape index (κ2) is 4.75. The highest BCUT2D eigenvalue weighted by Gasteiger charge is 2.23. The minimum absolute atomic E-state index is 0.597. The van der Waals surface area contributed by atoms with Crippen molar-refractivity contribution in [2.75, 3.05) is 5.32 Å². The van der Waals surface area contributed by atoms with Gasteiger partial charge in [0.1, 0.15) is 0 Å². The second-order valence-corrected chi connectivity index (χ2v) is 5.57. The summed E-state index contributed by atoms with van der Waals surface area (Å²) in [7, 11) is 0. The molecule has 0 heterocycles. The van der Waals surface area contributed by atoms with Crippen LogP contribution in [0.4, 0.5) is 5.69 Å². The van der Waals surface area contributed by atoms with Gasteiger partial charge in [-0.2, -0.15) is 0 Å². The Balaban J connectivity index is 2.12. The number of rotatable bonds is 2. The van der Waals surface area contributed by atoms with E-state index in [9.17, 15) is 0 Å². The maximum atomic E-state index is 5.98. The van der Waals surface area contributed by atoms with E-state index in [1.807, 2.05) is 18.2 Å². The number of nitrogens with one attached hydrogen (secondary N) is 1. The van der Waals surface area contributed by atoms with Gasteiger partial charge in [0.25, 0.3) is 0 Å². The molecule has 0 bridgehead atoms. The summed E-state index contributed by atoms with van der Waals surface area (Å²) in [4.78, 5) is 0. The van der Waals surface area contributed by atoms with E-state index >= 15 is 0 Å². The van der Waals surface area contributed by atoms with Gasteiger partial charge >= 0.3 is 0 Å². The standard InChI is InChI=1S/C12H15BrClN/c1-8-3-2-4-11(8)15-12-7-9(14)5-6-10(12)13/h5-8,11,15H,2-4H2,1H3. The molecular weight excluding hydrogens is 273 g/mol. The Morgan fingerprint density at radius 2 is 2.20 bits per heavy atom. The highest BCUT2D eigenvalue weighted by molar-refractivity contribution is 9.10. The van der Waals surface area contributed by atoms with Crippen molar-refractivity contribution in [2.45, 2.75) is 32.2 Å². The number of hydrogen-bond acceptors (Lipinski definition) is 1. The SMILES string of the molecule is CC1CCCC1Nc1cc(Cl)ccc1Br. The highest BCUT2D eigenvalue weighted by atomic mass is 79.9. The summed E-state index contributed by atoms with van der Waals surface area (Å²) in [6.07, 6.45) is 3.92. The van der Waals surface area contributed by atoms with Gasteiger partial charge < -0.3 is 5.32 Å². The fourth-order valence-electron chi connectivity index (χ4n) is 2.17. The zero-order valence-electron chi connectivity index (χ0n) is 8.76. The first kappa shape index (κ1) is 11.3. The Labute approximate surface area is 104 Å². The fourth-order valence-corrected chi connectivity index (χ4v) is 2.70. The van der Waals surface area contributed by atoms with Gasteiger partial charge in [-0.15, -0.1) is 0 Å². The third kappa shape index (κ3) is 2.67. The van der Waals surface area contributed by atoms with Crippen LogP contribution in [0.25, 0.3) is 0 Å². The lowest BCUT2D eigenvalue weighted by molar-refractivity contribution is 0.556. The Hall–Kier alpha value is -0.210. The van der Waals surface area contributed by atoms with Crippen LogP contribution in [0, 0.1) is 5.92 Å². The largest absolute Gasteiger partial charge is 0.381 e. The summed E-state index contributed by atoms with van der Waals surface area (Å²) in [6.45, 7) is 2.31. The average molecular weight is 289 g/mol. The predicted octanol–water partition coefficient (Wildman–Crippen LogP) is 4.70. The zero-order chi connectivity index (χ0) is 10.8. The topological polar surface area (TPSA) is 12.0 Å². The maximum Gasteiger partial charge on any atom is 0.0501 e. The summed E-state index contributed by atoms with van der Waals surface area (Å²) in [5, 5.41) is 4.35. The van der Waals surface area contributed by atoms with E-state index < -0.39 is 0 Å². The maximum absolute atomic E-state index is 5.98. The van der Waals surface area contributed by atoms with E-state index in [1.165, 1.54) is 19.3 Å². The van der Waals surface area contributed by atoms with Gasteiger partial charge in [0.05, 0.1) is 5.69 Å². The number of halogens is 2. The molecule has 1 N–H and O–H groups in total. The van der Waals surface area contributed by atoms with Crippen LogP contribution >= 0.6 is 27.5 Å². The summed E-state index contributed by atoms with van der Waals surface area (Å²) in [5.41, 5.74) is 1.11. The van der Waals surface area contributed by atoms with Crippen LogP contribution in [0.2, 0.25) is 5.02 Å². The normalized spacial score (nSPS) is 25.5. The second-order valence-electron chi connectivity index (χ2n) is 4.28. The third-order valence-electron chi connectivity index (χ3n) is 3.13. The van der Waals surface area contributed by atoms with Gasteiger partial charge in [0.15, 0.2) is 0 Å². The molecule has 0 aromatic heterocycles. The van der Waals surface area contributed by atoms with Gasteiger partial charge in [0.2, 0.25) is 0 Å². The summed E-state index contributed by atoms with van der Waals surface area (Å²) in [5.74, 6) is 0.760. The molecule has 0 saturated heterocycles. The van der Waals surface area contributed by atoms with Crippen molar-refractivity contribution < 1.29 is 0 Å². The van der Waals surface area contributed by atoms with Crippen LogP contribution in [-0.2, 0) is 0 Å². The van der Waals surface area contributed by atoms with Gasteiger partial charge in [-0.05, 0) is 52.9 Å². The molecule has 0 spiro atoms. The lowest BCUT2D eigenvalue weighted by Crippen LogP contribution is -2.21. The van der Waals surface area contributed by atoms with E-state index in [0.29, 0.717) is 6.04 Å². The minimum atomic E-state index is 0.597. The molecule has 82 valence electrons. The molecule has 2 unspecified atom stereocenters. The monoisotopic (exact) mass is 287 g/mol. The zero-order valence-corrected chi connectivity index (χ0v) is 11.1. The molecule has 1 fully saturated rings. The van der Waals surface area contributed by atoms with Gasteiger partial charge in [-0.3, -0.25) is 0 Å². The summed E-state index contributed by atoms with van der Waals surface area (Å²) in [6, 6.07) is 6.47. The van der Waals surface area contributed by atoms with E-state index in [1.54, 1.807) is 0 Å². The first-order chi connectivity index (χ1) is 7.16. The van der Waals surface area contributed by atoms with Crippen LogP contribution in [0.5, 0.6) is 0 Å². The van der Waals surface area contributed by atoms with Gasteiger partial charge in [-0.1, -0.05) is 24.9 Å². The van der Waals surface area contributed by atoms with E-state index in [-0.39, 0.29) is 0 Å². The Morgan fingerprint density at radius 1 is 1.40 bits per heavy atom. The number of benzene rings is 1. The first-order valence-electron chi connectivity index (χ1n) is 5.38. The molecule has 15 heavy (non-hydrogen) atoms. The van der Waals surface area contributed by atoms with Crippen LogP contribution in [0.15, 0.2) is 22.7 Å². The van der Waals surface area contributed by atoms with Gasteiger partial charge in [0, 0.05) is 15.5 Å². The quantitative estimate of drug-likeness (QED) is 0.831.